The number of carbonyl (C=O) groups is 1. The lowest BCUT2D eigenvalue weighted by atomic mass is 10.1. The van der Waals surface area contributed by atoms with Crippen molar-refractivity contribution in [3.63, 3.8) is 0 Å². The Labute approximate surface area is 184 Å². The van der Waals surface area contributed by atoms with E-state index in [2.05, 4.69) is 17.6 Å². The number of benzene rings is 2. The first-order chi connectivity index (χ1) is 15.2. The second-order valence-electron chi connectivity index (χ2n) is 8.62. The first-order valence-electron chi connectivity index (χ1n) is 11.7. The molecule has 1 aromatic heterocycles. The van der Waals surface area contributed by atoms with Crippen molar-refractivity contribution in [1.29, 1.82) is 0 Å². The summed E-state index contributed by atoms with van der Waals surface area (Å²) in [5.41, 5.74) is 2.75. The second-order valence-corrected chi connectivity index (χ2v) is 8.62. The largest absolute Gasteiger partial charge is 0.328 e. The van der Waals surface area contributed by atoms with Crippen LogP contribution in [0, 0.1) is 5.82 Å². The van der Waals surface area contributed by atoms with E-state index < -0.39 is 0 Å². The van der Waals surface area contributed by atoms with Crippen molar-refractivity contribution in [2.45, 2.75) is 70.8 Å². The maximum Gasteiger partial charge on any atom is 0.227 e. The highest BCUT2D eigenvalue weighted by Crippen LogP contribution is 2.33. The van der Waals surface area contributed by atoms with Gasteiger partial charge in [0.15, 0.2) is 0 Å². The number of rotatable bonds is 10. The maximum absolute atomic E-state index is 13.7. The van der Waals surface area contributed by atoms with Crippen molar-refractivity contribution >= 4 is 22.6 Å². The maximum atomic E-state index is 13.7. The van der Waals surface area contributed by atoms with Crippen molar-refractivity contribution in [3.05, 3.63) is 60.2 Å². The van der Waals surface area contributed by atoms with Crippen molar-refractivity contribution < 1.29 is 9.18 Å². The minimum absolute atomic E-state index is 0.0210. The van der Waals surface area contributed by atoms with Crippen LogP contribution in [0.25, 0.3) is 11.0 Å². The fraction of sp³-hybridized carbons (Fsp3) is 0.462. The lowest BCUT2D eigenvalue weighted by Gasteiger charge is -2.17. The summed E-state index contributed by atoms with van der Waals surface area (Å²) in [4.78, 5) is 19.4. The molecule has 164 valence electrons. The zero-order valence-electron chi connectivity index (χ0n) is 18.4. The minimum atomic E-state index is -0.320. The van der Waals surface area contributed by atoms with Crippen LogP contribution in [0.2, 0.25) is 0 Å². The standard InChI is InChI=1S/C26H32FN3O/c1-2-3-4-5-6-7-10-16-29-24-15-9-8-14-23(24)28-26(29)20-17-25(31)30(19-20)22-13-11-12-21(27)18-22/h8-9,11-15,18,20H,2-7,10,16-17,19H2,1H3. The molecule has 1 aliphatic rings. The molecular weight excluding hydrogens is 389 g/mol. The van der Waals surface area contributed by atoms with E-state index in [1.807, 2.05) is 18.2 Å². The minimum Gasteiger partial charge on any atom is -0.328 e. The summed E-state index contributed by atoms with van der Waals surface area (Å²) in [5.74, 6) is 0.720. The predicted molar refractivity (Wildman–Crippen MR) is 124 cm³/mol. The molecule has 2 aromatic carbocycles. The van der Waals surface area contributed by atoms with Gasteiger partial charge in [0.05, 0.1) is 11.0 Å². The molecule has 3 aromatic rings. The molecule has 4 rings (SSSR count). The number of hydrogen-bond donors (Lipinski definition) is 0. The quantitative estimate of drug-likeness (QED) is 0.353. The molecule has 2 heterocycles. The molecule has 0 radical (unpaired) electrons. The van der Waals surface area contributed by atoms with Crippen molar-refractivity contribution in [2.75, 3.05) is 11.4 Å². The van der Waals surface area contributed by atoms with Crippen LogP contribution in [0.4, 0.5) is 10.1 Å². The normalized spacial score (nSPS) is 16.5. The van der Waals surface area contributed by atoms with Gasteiger partial charge in [0.1, 0.15) is 11.6 Å². The van der Waals surface area contributed by atoms with Gasteiger partial charge in [-0.2, -0.15) is 0 Å². The lowest BCUT2D eigenvalue weighted by Crippen LogP contribution is -2.24. The van der Waals surface area contributed by atoms with Crippen LogP contribution in [-0.2, 0) is 11.3 Å². The van der Waals surface area contributed by atoms with E-state index in [9.17, 15) is 9.18 Å². The number of hydrogen-bond acceptors (Lipinski definition) is 2. The molecule has 1 atom stereocenters. The van der Waals surface area contributed by atoms with Gasteiger partial charge in [0.2, 0.25) is 5.91 Å². The molecule has 31 heavy (non-hydrogen) atoms. The average Bonchev–Trinajstić information content (AvgIpc) is 3.34. The number of amides is 1. The van der Waals surface area contributed by atoms with Crippen LogP contribution in [0.15, 0.2) is 48.5 Å². The molecule has 1 unspecified atom stereocenters. The van der Waals surface area contributed by atoms with Crippen LogP contribution in [0.1, 0.15) is 70.0 Å². The summed E-state index contributed by atoms with van der Waals surface area (Å²) < 4.78 is 16.0. The van der Waals surface area contributed by atoms with E-state index >= 15 is 0 Å². The van der Waals surface area contributed by atoms with E-state index in [1.165, 1.54) is 50.7 Å². The molecule has 1 aliphatic heterocycles. The van der Waals surface area contributed by atoms with Crippen molar-refractivity contribution in [2.24, 2.45) is 0 Å². The number of anilines is 1. The van der Waals surface area contributed by atoms with Gasteiger partial charge in [-0.15, -0.1) is 0 Å². The summed E-state index contributed by atoms with van der Waals surface area (Å²) in [7, 11) is 0. The van der Waals surface area contributed by atoms with E-state index in [1.54, 1.807) is 17.0 Å². The Balaban J connectivity index is 1.49. The monoisotopic (exact) mass is 421 g/mol. The van der Waals surface area contributed by atoms with E-state index in [0.717, 1.165) is 29.8 Å². The Kier molecular flexibility index (Phi) is 7.00. The topological polar surface area (TPSA) is 38.1 Å². The number of fused-ring (bicyclic) bond motifs is 1. The Morgan fingerprint density at radius 2 is 1.77 bits per heavy atom. The van der Waals surface area contributed by atoms with Crippen molar-refractivity contribution in [3.8, 4) is 0 Å². The van der Waals surface area contributed by atoms with Gasteiger partial charge in [0.25, 0.3) is 0 Å². The Bertz CT molecular complexity index is 1030. The summed E-state index contributed by atoms with van der Waals surface area (Å²) in [6.45, 7) is 3.71. The molecule has 1 saturated heterocycles. The van der Waals surface area contributed by atoms with Crippen LogP contribution < -0.4 is 4.90 Å². The van der Waals surface area contributed by atoms with Gasteiger partial charge in [-0.1, -0.05) is 63.6 Å². The summed E-state index contributed by atoms with van der Waals surface area (Å²) in [5, 5.41) is 0. The van der Waals surface area contributed by atoms with Gasteiger partial charge in [0, 0.05) is 31.1 Å². The van der Waals surface area contributed by atoms with E-state index in [-0.39, 0.29) is 17.6 Å². The Morgan fingerprint density at radius 1 is 1.00 bits per heavy atom. The van der Waals surface area contributed by atoms with Gasteiger partial charge in [-0.25, -0.2) is 9.37 Å². The third kappa shape index (κ3) is 4.97. The predicted octanol–water partition coefficient (Wildman–Crippen LogP) is 6.45. The number of nitrogens with zero attached hydrogens (tertiary/aromatic N) is 3. The Hall–Kier alpha value is -2.69. The highest BCUT2D eigenvalue weighted by Gasteiger charge is 2.34. The van der Waals surface area contributed by atoms with Crippen LogP contribution >= 0.6 is 0 Å². The number of halogens is 1. The fourth-order valence-corrected chi connectivity index (χ4v) is 4.64. The molecule has 1 fully saturated rings. The molecule has 0 spiro atoms. The average molecular weight is 422 g/mol. The molecule has 0 aliphatic carbocycles. The van der Waals surface area contributed by atoms with Gasteiger partial charge in [-0.05, 0) is 36.8 Å². The van der Waals surface area contributed by atoms with Crippen LogP contribution in [0.3, 0.4) is 0 Å². The molecule has 0 N–H and O–H groups in total. The number of para-hydroxylation sites is 2. The third-order valence-corrected chi connectivity index (χ3v) is 6.28. The summed E-state index contributed by atoms with van der Waals surface area (Å²) in [6.07, 6.45) is 9.27. The van der Waals surface area contributed by atoms with Gasteiger partial charge < -0.3 is 9.47 Å². The summed E-state index contributed by atoms with van der Waals surface area (Å²) in [6, 6.07) is 14.5. The number of aromatic nitrogens is 2. The first-order valence-corrected chi connectivity index (χ1v) is 11.7. The zero-order chi connectivity index (χ0) is 21.6. The first kappa shape index (κ1) is 21.5. The molecule has 0 bridgehead atoms. The summed E-state index contributed by atoms with van der Waals surface area (Å²) >= 11 is 0. The van der Waals surface area contributed by atoms with Crippen LogP contribution in [-0.4, -0.2) is 22.0 Å². The number of carbonyl (C=O) groups excluding carboxylic acids is 1. The van der Waals surface area contributed by atoms with Crippen LogP contribution in [0.5, 0.6) is 0 Å². The Morgan fingerprint density at radius 3 is 2.58 bits per heavy atom. The molecule has 0 saturated carbocycles. The molecule has 5 heteroatoms. The smallest absolute Gasteiger partial charge is 0.227 e. The fourth-order valence-electron chi connectivity index (χ4n) is 4.64. The lowest BCUT2D eigenvalue weighted by molar-refractivity contribution is -0.117. The highest BCUT2D eigenvalue weighted by atomic mass is 19.1. The zero-order valence-corrected chi connectivity index (χ0v) is 18.4. The molecule has 1 amide bonds. The van der Waals surface area contributed by atoms with Gasteiger partial charge >= 0.3 is 0 Å². The SMILES string of the molecule is CCCCCCCCCn1c(C2CC(=O)N(c3cccc(F)c3)C2)nc2ccccc21. The van der Waals surface area contributed by atoms with E-state index in [4.69, 9.17) is 4.98 Å². The third-order valence-electron chi connectivity index (χ3n) is 6.28. The second kappa shape index (κ2) is 10.1. The number of imidazole rings is 1. The number of unbranched alkanes of at least 4 members (excludes halogenated alkanes) is 6. The molecule has 4 nitrogen and oxygen atoms in total. The highest BCUT2D eigenvalue weighted by molar-refractivity contribution is 5.96. The van der Waals surface area contributed by atoms with Gasteiger partial charge in [-0.3, -0.25) is 4.79 Å². The van der Waals surface area contributed by atoms with E-state index in [0.29, 0.717) is 18.7 Å². The number of aryl methyl sites for hydroxylation is 1. The van der Waals surface area contributed by atoms with Crippen molar-refractivity contribution in [1.82, 2.24) is 9.55 Å². The molecular formula is C26H32FN3O.